The number of hydrogen-bond donors (Lipinski definition) is 2. The zero-order chi connectivity index (χ0) is 16.6. The lowest BCUT2D eigenvalue weighted by molar-refractivity contribution is 0.0894. The Morgan fingerprint density at radius 1 is 1.09 bits per heavy atom. The number of methoxy groups -OCH3 is 2. The van der Waals surface area contributed by atoms with Crippen molar-refractivity contribution in [2.45, 2.75) is 5.92 Å². The van der Waals surface area contributed by atoms with E-state index in [4.69, 9.17) is 14.2 Å². The smallest absolute Gasteiger partial charge is 0.177 e. The highest BCUT2D eigenvalue weighted by Crippen LogP contribution is 2.41. The first kappa shape index (κ1) is 15.0. The van der Waals surface area contributed by atoms with Gasteiger partial charge in [-0.2, -0.15) is 0 Å². The van der Waals surface area contributed by atoms with Crippen LogP contribution in [0.4, 0.5) is 0 Å². The summed E-state index contributed by atoms with van der Waals surface area (Å²) >= 11 is 0. The molecular formula is C17H16O6. The van der Waals surface area contributed by atoms with E-state index in [9.17, 15) is 15.0 Å². The number of carbonyl (C=O) groups excluding carboxylic acids is 1. The van der Waals surface area contributed by atoms with E-state index < -0.39 is 5.92 Å². The van der Waals surface area contributed by atoms with Crippen LogP contribution < -0.4 is 14.2 Å². The molecule has 6 nitrogen and oxygen atoms in total. The number of ether oxygens (including phenoxy) is 3. The van der Waals surface area contributed by atoms with Gasteiger partial charge in [-0.1, -0.05) is 0 Å². The first-order valence-corrected chi connectivity index (χ1v) is 7.00. The van der Waals surface area contributed by atoms with Crippen molar-refractivity contribution >= 4 is 5.78 Å². The largest absolute Gasteiger partial charge is 0.508 e. The summed E-state index contributed by atoms with van der Waals surface area (Å²) in [6.07, 6.45) is 0. The maximum atomic E-state index is 12.7. The van der Waals surface area contributed by atoms with Crippen LogP contribution in [-0.4, -0.2) is 36.8 Å². The molecule has 0 aliphatic carbocycles. The molecule has 1 heterocycles. The number of fused-ring (bicyclic) bond motifs is 1. The van der Waals surface area contributed by atoms with Crippen LogP contribution >= 0.6 is 0 Å². The predicted molar refractivity (Wildman–Crippen MR) is 81.9 cm³/mol. The lowest BCUT2D eigenvalue weighted by Gasteiger charge is -2.26. The minimum absolute atomic E-state index is 0.0367. The molecule has 0 bridgehead atoms. The lowest BCUT2D eigenvalue weighted by atomic mass is 9.88. The quantitative estimate of drug-likeness (QED) is 0.905. The van der Waals surface area contributed by atoms with Crippen molar-refractivity contribution < 1.29 is 29.2 Å². The Morgan fingerprint density at radius 3 is 2.52 bits per heavy atom. The molecule has 0 fully saturated rings. The van der Waals surface area contributed by atoms with Crippen LogP contribution in [-0.2, 0) is 0 Å². The van der Waals surface area contributed by atoms with Crippen molar-refractivity contribution in [2.75, 3.05) is 20.8 Å². The number of carbonyl (C=O) groups is 1. The molecule has 0 saturated heterocycles. The SMILES string of the molecule is COc1cc(OC)c([C@H]2COc3cc(O)ccc3C2=O)cc1O. The second-order valence-electron chi connectivity index (χ2n) is 5.17. The van der Waals surface area contributed by atoms with E-state index in [1.807, 2.05) is 0 Å². The van der Waals surface area contributed by atoms with Crippen LogP contribution in [0.1, 0.15) is 21.8 Å². The Balaban J connectivity index is 2.05. The molecule has 0 amide bonds. The van der Waals surface area contributed by atoms with Gasteiger partial charge in [0.25, 0.3) is 0 Å². The number of hydrogen-bond acceptors (Lipinski definition) is 6. The van der Waals surface area contributed by atoms with Crippen LogP contribution in [0, 0.1) is 0 Å². The molecule has 1 aliphatic heterocycles. The first-order chi connectivity index (χ1) is 11.0. The van der Waals surface area contributed by atoms with Gasteiger partial charge in [-0.05, 0) is 18.2 Å². The summed E-state index contributed by atoms with van der Waals surface area (Å²) in [6.45, 7) is 0.0947. The van der Waals surface area contributed by atoms with Gasteiger partial charge in [0.05, 0.1) is 25.7 Å². The summed E-state index contributed by atoms with van der Waals surface area (Å²) in [5.41, 5.74) is 0.908. The summed E-state index contributed by atoms with van der Waals surface area (Å²) < 4.78 is 16.0. The van der Waals surface area contributed by atoms with Crippen molar-refractivity contribution in [3.05, 3.63) is 41.5 Å². The number of aromatic hydroxyl groups is 2. The summed E-state index contributed by atoms with van der Waals surface area (Å²) in [4.78, 5) is 12.7. The Kier molecular flexibility index (Phi) is 3.73. The van der Waals surface area contributed by atoms with E-state index in [1.54, 1.807) is 0 Å². The Bertz CT molecular complexity index is 768. The fraction of sp³-hybridized carbons (Fsp3) is 0.235. The van der Waals surface area contributed by atoms with Gasteiger partial charge in [0.1, 0.15) is 23.9 Å². The summed E-state index contributed by atoms with van der Waals surface area (Å²) in [7, 11) is 2.92. The molecule has 1 atom stereocenters. The van der Waals surface area contributed by atoms with Crippen molar-refractivity contribution in [1.82, 2.24) is 0 Å². The van der Waals surface area contributed by atoms with Gasteiger partial charge in [0.15, 0.2) is 17.3 Å². The van der Waals surface area contributed by atoms with Gasteiger partial charge in [0, 0.05) is 17.7 Å². The maximum absolute atomic E-state index is 12.7. The molecule has 3 rings (SSSR count). The third-order valence-electron chi connectivity index (χ3n) is 3.86. The van der Waals surface area contributed by atoms with Gasteiger partial charge < -0.3 is 24.4 Å². The number of rotatable bonds is 3. The summed E-state index contributed by atoms with van der Waals surface area (Å²) in [5, 5.41) is 19.5. The second kappa shape index (κ2) is 5.72. The third kappa shape index (κ3) is 2.52. The molecule has 2 aromatic rings. The molecule has 6 heteroatoms. The van der Waals surface area contributed by atoms with E-state index in [0.29, 0.717) is 22.6 Å². The van der Waals surface area contributed by atoms with Gasteiger partial charge in [-0.15, -0.1) is 0 Å². The number of ketones is 1. The van der Waals surface area contributed by atoms with E-state index in [2.05, 4.69) is 0 Å². The molecule has 0 saturated carbocycles. The minimum atomic E-state index is -0.612. The molecule has 23 heavy (non-hydrogen) atoms. The number of Topliss-reactive ketones (excluding diaryl/α,β-unsaturated/α-hetero) is 1. The highest BCUT2D eigenvalue weighted by Gasteiger charge is 2.33. The van der Waals surface area contributed by atoms with Crippen LogP contribution in [0.5, 0.6) is 28.7 Å². The predicted octanol–water partition coefficient (Wildman–Crippen LogP) is 2.47. The minimum Gasteiger partial charge on any atom is -0.508 e. The normalized spacial score (nSPS) is 16.4. The molecular weight excluding hydrogens is 300 g/mol. The average Bonchev–Trinajstić information content (AvgIpc) is 2.55. The number of phenolic OH excluding ortho intramolecular Hbond substituents is 2. The first-order valence-electron chi connectivity index (χ1n) is 7.00. The van der Waals surface area contributed by atoms with Crippen LogP contribution in [0.2, 0.25) is 0 Å². The third-order valence-corrected chi connectivity index (χ3v) is 3.86. The van der Waals surface area contributed by atoms with Gasteiger partial charge >= 0.3 is 0 Å². The average molecular weight is 316 g/mol. The molecule has 1 aliphatic rings. The van der Waals surface area contributed by atoms with Crippen molar-refractivity contribution in [2.24, 2.45) is 0 Å². The number of phenols is 2. The van der Waals surface area contributed by atoms with Crippen molar-refractivity contribution in [3.8, 4) is 28.7 Å². The van der Waals surface area contributed by atoms with Gasteiger partial charge in [-0.25, -0.2) is 0 Å². The standard InChI is InChI=1S/C17H16O6/c1-21-14-7-16(22-2)13(19)6-11(14)12-8-23-15-5-9(18)3-4-10(15)17(12)20/h3-7,12,18-19H,8H2,1-2H3/t12-/m1/s1. The number of benzene rings is 2. The topological polar surface area (TPSA) is 85.2 Å². The van der Waals surface area contributed by atoms with E-state index in [1.165, 1.54) is 44.6 Å². The van der Waals surface area contributed by atoms with E-state index in [-0.39, 0.29) is 29.6 Å². The van der Waals surface area contributed by atoms with Crippen molar-refractivity contribution in [1.29, 1.82) is 0 Å². The van der Waals surface area contributed by atoms with Crippen LogP contribution in [0.3, 0.4) is 0 Å². The van der Waals surface area contributed by atoms with Gasteiger partial charge in [0.2, 0.25) is 0 Å². The molecule has 2 N–H and O–H groups in total. The van der Waals surface area contributed by atoms with Crippen molar-refractivity contribution in [3.63, 3.8) is 0 Å². The molecule has 0 unspecified atom stereocenters. The maximum Gasteiger partial charge on any atom is 0.177 e. The second-order valence-corrected chi connectivity index (χ2v) is 5.17. The molecule has 0 radical (unpaired) electrons. The van der Waals surface area contributed by atoms with E-state index in [0.717, 1.165) is 0 Å². The van der Waals surface area contributed by atoms with Gasteiger partial charge in [-0.3, -0.25) is 4.79 Å². The van der Waals surface area contributed by atoms with Crippen LogP contribution in [0.15, 0.2) is 30.3 Å². The molecule has 0 spiro atoms. The lowest BCUT2D eigenvalue weighted by Crippen LogP contribution is -2.26. The Morgan fingerprint density at radius 2 is 1.83 bits per heavy atom. The molecule has 120 valence electrons. The summed E-state index contributed by atoms with van der Waals surface area (Å²) in [5.74, 6) is 0.238. The zero-order valence-electron chi connectivity index (χ0n) is 12.7. The zero-order valence-corrected chi connectivity index (χ0v) is 12.7. The highest BCUT2D eigenvalue weighted by atomic mass is 16.5. The fourth-order valence-corrected chi connectivity index (χ4v) is 2.68. The molecule has 2 aromatic carbocycles. The van der Waals surface area contributed by atoms with E-state index >= 15 is 0 Å². The fourth-order valence-electron chi connectivity index (χ4n) is 2.68. The molecule has 0 aromatic heterocycles. The van der Waals surface area contributed by atoms with Crippen LogP contribution in [0.25, 0.3) is 0 Å². The summed E-state index contributed by atoms with van der Waals surface area (Å²) in [6, 6.07) is 7.35. The monoisotopic (exact) mass is 316 g/mol. The Labute approximate surface area is 132 Å². The highest BCUT2D eigenvalue weighted by molar-refractivity contribution is 6.04. The Hall–Kier alpha value is -2.89.